The monoisotopic (exact) mass is 705 g/mol. The van der Waals surface area contributed by atoms with E-state index in [2.05, 4.69) is 25.3 Å². The van der Waals surface area contributed by atoms with Gasteiger partial charge in [-0.05, 0) is 55.8 Å². The third-order valence-electron chi connectivity index (χ3n) is 7.04. The molecule has 230 valence electrons. The molecule has 8 rings (SSSR count). The van der Waals surface area contributed by atoms with E-state index in [4.69, 9.17) is 54.2 Å². The predicted molar refractivity (Wildman–Crippen MR) is 186 cm³/mol. The second-order valence-corrected chi connectivity index (χ2v) is 13.6. The van der Waals surface area contributed by atoms with Crippen LogP contribution in [0, 0.1) is 13.8 Å². The molecule has 0 atom stereocenters. The summed E-state index contributed by atoms with van der Waals surface area (Å²) in [5, 5.41) is 6.72. The van der Waals surface area contributed by atoms with Crippen molar-refractivity contribution >= 4 is 83.7 Å². The number of pyridine rings is 2. The summed E-state index contributed by atoms with van der Waals surface area (Å²) in [6.07, 6.45) is 6.86. The van der Waals surface area contributed by atoms with Gasteiger partial charge >= 0.3 is 0 Å². The van der Waals surface area contributed by atoms with Crippen molar-refractivity contribution in [1.29, 1.82) is 0 Å². The van der Waals surface area contributed by atoms with Gasteiger partial charge in [0.2, 0.25) is 6.79 Å². The maximum absolute atomic E-state index is 6.55. The maximum Gasteiger partial charge on any atom is 0.231 e. The van der Waals surface area contributed by atoms with Crippen molar-refractivity contribution in [3.8, 4) is 34.3 Å². The Morgan fingerprint density at radius 3 is 1.91 bits per heavy atom. The van der Waals surface area contributed by atoms with Crippen LogP contribution >= 0.6 is 57.5 Å². The quantitative estimate of drug-likeness (QED) is 0.175. The molecule has 0 bridgehead atoms. The molecule has 1 N–H and O–H groups in total. The highest BCUT2D eigenvalue weighted by molar-refractivity contribution is 7.19. The summed E-state index contributed by atoms with van der Waals surface area (Å²) in [7, 11) is 0. The van der Waals surface area contributed by atoms with E-state index in [-0.39, 0.29) is 6.79 Å². The van der Waals surface area contributed by atoms with Gasteiger partial charge in [-0.3, -0.25) is 9.97 Å². The molecule has 9 nitrogen and oxygen atoms in total. The number of hydrogen-bond acceptors (Lipinski definition) is 11. The third kappa shape index (κ3) is 6.04. The second kappa shape index (κ2) is 12.9. The fourth-order valence-electron chi connectivity index (χ4n) is 4.74. The van der Waals surface area contributed by atoms with Crippen molar-refractivity contribution in [2.75, 3.05) is 12.1 Å². The number of benzene rings is 1. The molecule has 1 aliphatic heterocycles. The molecule has 6 aromatic heterocycles. The molecule has 0 radical (unpaired) electrons. The third-order valence-corrected chi connectivity index (χ3v) is 10.5. The van der Waals surface area contributed by atoms with Crippen molar-refractivity contribution in [2.24, 2.45) is 0 Å². The highest BCUT2D eigenvalue weighted by Crippen LogP contribution is 2.40. The molecule has 0 aliphatic carbocycles. The van der Waals surface area contributed by atoms with Crippen LogP contribution in [-0.2, 0) is 6.54 Å². The first-order valence-corrected chi connectivity index (χ1v) is 16.6. The van der Waals surface area contributed by atoms with Gasteiger partial charge in [0, 0.05) is 52.2 Å². The number of halogens is 3. The number of hydrogen-bond donors (Lipinski definition) is 1. The number of nitrogens with zero attached hydrogens (tertiary/aromatic N) is 6. The van der Waals surface area contributed by atoms with Gasteiger partial charge < -0.3 is 14.8 Å². The Balaban J connectivity index is 0.000000162. The SMILES string of the molecule is Cc1sc2nc(-c3ccncc3)nc(Cl)c2c1Cl.Cc1sc2nc(-c3ccncc3)nc(NCc3ccc4c(c3)OCO4)c2c1Cl. The van der Waals surface area contributed by atoms with E-state index in [0.29, 0.717) is 39.2 Å². The molecule has 1 aromatic carbocycles. The second-order valence-electron chi connectivity index (χ2n) is 10.1. The lowest BCUT2D eigenvalue weighted by Crippen LogP contribution is -2.04. The Morgan fingerprint density at radius 2 is 1.26 bits per heavy atom. The van der Waals surface area contributed by atoms with Gasteiger partial charge in [0.25, 0.3) is 0 Å². The molecule has 0 spiro atoms. The molecule has 0 amide bonds. The fourth-order valence-corrected chi connectivity index (χ4v) is 7.64. The first-order valence-electron chi connectivity index (χ1n) is 13.9. The van der Waals surface area contributed by atoms with Crippen LogP contribution in [0.15, 0.2) is 67.3 Å². The summed E-state index contributed by atoms with van der Waals surface area (Å²) >= 11 is 22.0. The Labute approximate surface area is 286 Å². The number of nitrogens with one attached hydrogen (secondary N) is 1. The molecule has 0 saturated heterocycles. The number of rotatable bonds is 5. The van der Waals surface area contributed by atoms with Gasteiger partial charge in [-0.15, -0.1) is 22.7 Å². The normalized spacial score (nSPS) is 11.9. The van der Waals surface area contributed by atoms with Crippen molar-refractivity contribution in [3.63, 3.8) is 0 Å². The zero-order valence-corrected chi connectivity index (χ0v) is 28.1. The molecule has 0 saturated carbocycles. The topological polar surface area (TPSA) is 108 Å². The molecule has 1 aliphatic rings. The summed E-state index contributed by atoms with van der Waals surface area (Å²) < 4.78 is 10.8. The molecule has 0 unspecified atom stereocenters. The van der Waals surface area contributed by atoms with Crippen molar-refractivity contribution in [2.45, 2.75) is 20.4 Å². The van der Waals surface area contributed by atoms with E-state index in [1.165, 1.54) is 11.3 Å². The zero-order chi connectivity index (χ0) is 31.8. The molecular weight excluding hydrogens is 685 g/mol. The van der Waals surface area contributed by atoms with Crippen LogP contribution in [0.2, 0.25) is 15.2 Å². The lowest BCUT2D eigenvalue weighted by Gasteiger charge is -2.10. The fraction of sp³-hybridized carbons (Fsp3) is 0.125. The summed E-state index contributed by atoms with van der Waals surface area (Å²) in [6, 6.07) is 13.4. The minimum absolute atomic E-state index is 0.262. The van der Waals surface area contributed by atoms with Crippen LogP contribution in [0.4, 0.5) is 5.82 Å². The van der Waals surface area contributed by atoms with Crippen LogP contribution in [0.3, 0.4) is 0 Å². The Morgan fingerprint density at radius 1 is 0.696 bits per heavy atom. The first-order chi connectivity index (χ1) is 22.4. The molecule has 7 aromatic rings. The molecule has 46 heavy (non-hydrogen) atoms. The van der Waals surface area contributed by atoms with Gasteiger partial charge in [0.15, 0.2) is 23.1 Å². The molecule has 7 heterocycles. The average Bonchev–Trinajstić information content (AvgIpc) is 3.75. The minimum atomic E-state index is 0.262. The van der Waals surface area contributed by atoms with Crippen LogP contribution in [0.1, 0.15) is 15.3 Å². The smallest absolute Gasteiger partial charge is 0.231 e. The van der Waals surface area contributed by atoms with Gasteiger partial charge in [-0.2, -0.15) is 0 Å². The highest BCUT2D eigenvalue weighted by Gasteiger charge is 2.18. The van der Waals surface area contributed by atoms with Crippen LogP contribution < -0.4 is 14.8 Å². The number of thiophene rings is 2. The largest absolute Gasteiger partial charge is 0.454 e. The minimum Gasteiger partial charge on any atom is -0.454 e. The summed E-state index contributed by atoms with van der Waals surface area (Å²) in [4.78, 5) is 30.0. The number of aryl methyl sites for hydroxylation is 2. The number of fused-ring (bicyclic) bond motifs is 3. The summed E-state index contributed by atoms with van der Waals surface area (Å²) in [6.45, 7) is 4.76. The predicted octanol–water partition coefficient (Wildman–Crippen LogP) is 9.42. The number of aromatic nitrogens is 6. The van der Waals surface area contributed by atoms with E-state index in [9.17, 15) is 0 Å². The van der Waals surface area contributed by atoms with E-state index < -0.39 is 0 Å². The van der Waals surface area contributed by atoms with Crippen LogP contribution in [0.5, 0.6) is 11.5 Å². The van der Waals surface area contributed by atoms with E-state index in [1.807, 2.05) is 56.3 Å². The van der Waals surface area contributed by atoms with Crippen LogP contribution in [-0.4, -0.2) is 36.7 Å². The van der Waals surface area contributed by atoms with Crippen LogP contribution in [0.25, 0.3) is 43.2 Å². The van der Waals surface area contributed by atoms with E-state index >= 15 is 0 Å². The first kappa shape index (κ1) is 30.5. The zero-order valence-electron chi connectivity index (χ0n) is 24.2. The Bertz CT molecular complexity index is 2210. The summed E-state index contributed by atoms with van der Waals surface area (Å²) in [5.41, 5.74) is 2.85. The van der Waals surface area contributed by atoms with Crippen molar-refractivity contribution in [3.05, 3.63) is 97.8 Å². The summed E-state index contributed by atoms with van der Waals surface area (Å²) in [5.74, 6) is 3.47. The number of anilines is 1. The Hall–Kier alpha value is -4.13. The van der Waals surface area contributed by atoms with E-state index in [0.717, 1.165) is 58.4 Å². The average molecular weight is 707 g/mol. The van der Waals surface area contributed by atoms with Gasteiger partial charge in [-0.1, -0.05) is 40.9 Å². The number of ether oxygens (including phenoxy) is 2. The maximum atomic E-state index is 6.55. The van der Waals surface area contributed by atoms with Crippen molar-refractivity contribution < 1.29 is 9.47 Å². The van der Waals surface area contributed by atoms with E-state index in [1.54, 1.807) is 36.1 Å². The molecule has 14 heteroatoms. The van der Waals surface area contributed by atoms with Gasteiger partial charge in [0.05, 0.1) is 20.8 Å². The standard InChI is InChI=1S/C20H15ClN4O2S.C12H7Cl2N3S/c1-11-17(21)16-19(23-9-12-2-3-14-15(8-12)27-10-26-14)24-18(25-20(16)28-11)13-4-6-22-7-5-13;1-6-9(13)8-10(14)16-11(17-12(8)18-6)7-2-4-15-5-3-7/h2-8H,9-10H2,1H3,(H,23,24,25);2-5H,1H3. The molecular formula is C32H22Cl3N7O2S2. The van der Waals surface area contributed by atoms with Gasteiger partial charge in [0.1, 0.15) is 20.6 Å². The molecule has 0 fully saturated rings. The Kier molecular flexibility index (Phi) is 8.58. The lowest BCUT2D eigenvalue weighted by atomic mass is 10.2. The highest BCUT2D eigenvalue weighted by atomic mass is 35.5. The van der Waals surface area contributed by atoms with Crippen molar-refractivity contribution in [1.82, 2.24) is 29.9 Å². The van der Waals surface area contributed by atoms with Gasteiger partial charge in [-0.25, -0.2) is 19.9 Å². The lowest BCUT2D eigenvalue weighted by molar-refractivity contribution is 0.174.